The van der Waals surface area contributed by atoms with Crippen LogP contribution in [0, 0.1) is 0 Å². The Labute approximate surface area is 142 Å². The summed E-state index contributed by atoms with van der Waals surface area (Å²) in [6.07, 6.45) is -0.0229. The van der Waals surface area contributed by atoms with Gasteiger partial charge in [-0.2, -0.15) is 0 Å². The lowest BCUT2D eigenvalue weighted by Gasteiger charge is -2.18. The molecule has 2 rings (SSSR count). The summed E-state index contributed by atoms with van der Waals surface area (Å²) in [5.74, 6) is 0.734. The van der Waals surface area contributed by atoms with Crippen LogP contribution in [0.1, 0.15) is 17.2 Å². The molecule has 0 saturated heterocycles. The number of hydrogen-bond acceptors (Lipinski definition) is 2. The minimum absolute atomic E-state index is 0.0229. The van der Waals surface area contributed by atoms with Crippen molar-refractivity contribution in [2.24, 2.45) is 4.99 Å². The largest absolute Gasteiger partial charge is 0.375 e. The first-order chi connectivity index (χ1) is 11.2. The first-order valence-electron chi connectivity index (χ1n) is 7.49. The Morgan fingerprint density at radius 1 is 1.09 bits per heavy atom. The molecule has 0 heterocycles. The first kappa shape index (κ1) is 17.3. The van der Waals surface area contributed by atoms with Crippen LogP contribution in [0.5, 0.6) is 0 Å². The zero-order valence-electron chi connectivity index (χ0n) is 13.4. The molecule has 1 unspecified atom stereocenters. The van der Waals surface area contributed by atoms with Crippen molar-refractivity contribution in [1.29, 1.82) is 0 Å². The number of halogens is 1. The van der Waals surface area contributed by atoms with Crippen molar-refractivity contribution in [2.45, 2.75) is 12.6 Å². The molecule has 23 heavy (non-hydrogen) atoms. The molecule has 2 aromatic carbocycles. The molecule has 0 aliphatic heterocycles. The van der Waals surface area contributed by atoms with Crippen LogP contribution in [0.15, 0.2) is 59.6 Å². The van der Waals surface area contributed by atoms with E-state index in [9.17, 15) is 0 Å². The number of aliphatic imine (C=N–C) groups is 1. The summed E-state index contributed by atoms with van der Waals surface area (Å²) in [7, 11) is 3.46. The number of benzene rings is 2. The van der Waals surface area contributed by atoms with Crippen LogP contribution < -0.4 is 10.6 Å². The maximum atomic E-state index is 5.89. The number of nitrogens with one attached hydrogen (secondary N) is 2. The van der Waals surface area contributed by atoms with Gasteiger partial charge in [0.1, 0.15) is 0 Å². The van der Waals surface area contributed by atoms with Crippen molar-refractivity contribution in [3.63, 3.8) is 0 Å². The molecule has 4 nitrogen and oxygen atoms in total. The van der Waals surface area contributed by atoms with E-state index in [4.69, 9.17) is 16.3 Å². The Bertz CT molecular complexity index is 614. The van der Waals surface area contributed by atoms with Crippen LogP contribution in [0.4, 0.5) is 0 Å². The fourth-order valence-corrected chi connectivity index (χ4v) is 2.33. The molecule has 0 aliphatic rings. The number of rotatable bonds is 6. The van der Waals surface area contributed by atoms with Gasteiger partial charge in [0.25, 0.3) is 0 Å². The maximum absolute atomic E-state index is 5.89. The van der Waals surface area contributed by atoms with E-state index in [0.29, 0.717) is 13.1 Å². The molecule has 0 bridgehead atoms. The average molecular weight is 332 g/mol. The van der Waals surface area contributed by atoms with Crippen molar-refractivity contribution in [2.75, 3.05) is 20.7 Å². The third-order valence-electron chi connectivity index (χ3n) is 3.51. The normalized spacial score (nSPS) is 12.7. The van der Waals surface area contributed by atoms with Crippen molar-refractivity contribution in [3.8, 4) is 0 Å². The summed E-state index contributed by atoms with van der Waals surface area (Å²) in [5.41, 5.74) is 2.28. The third kappa shape index (κ3) is 5.58. The van der Waals surface area contributed by atoms with Gasteiger partial charge in [-0.05, 0) is 23.3 Å². The van der Waals surface area contributed by atoms with Crippen LogP contribution in [0.3, 0.4) is 0 Å². The molecule has 1 atom stereocenters. The van der Waals surface area contributed by atoms with Crippen molar-refractivity contribution in [1.82, 2.24) is 10.6 Å². The molecular formula is C18H22ClN3O. The van der Waals surface area contributed by atoms with Gasteiger partial charge in [0.05, 0.1) is 6.10 Å². The second-order valence-electron chi connectivity index (χ2n) is 5.07. The van der Waals surface area contributed by atoms with Crippen molar-refractivity contribution in [3.05, 3.63) is 70.7 Å². The van der Waals surface area contributed by atoms with Gasteiger partial charge in [-0.1, -0.05) is 54.1 Å². The van der Waals surface area contributed by atoms with Gasteiger partial charge < -0.3 is 15.4 Å². The van der Waals surface area contributed by atoms with Gasteiger partial charge in [-0.25, -0.2) is 0 Å². The molecule has 5 heteroatoms. The molecule has 0 spiro atoms. The molecule has 0 radical (unpaired) electrons. The lowest BCUT2D eigenvalue weighted by Crippen LogP contribution is -2.39. The highest BCUT2D eigenvalue weighted by Crippen LogP contribution is 2.14. The molecule has 2 N–H and O–H groups in total. The highest BCUT2D eigenvalue weighted by Gasteiger charge is 2.10. The fourth-order valence-electron chi connectivity index (χ4n) is 2.20. The van der Waals surface area contributed by atoms with Crippen LogP contribution in [-0.4, -0.2) is 26.7 Å². The molecular weight excluding hydrogens is 310 g/mol. The number of hydrogen-bond donors (Lipinski definition) is 2. The van der Waals surface area contributed by atoms with Crippen LogP contribution in [0.25, 0.3) is 0 Å². The highest BCUT2D eigenvalue weighted by atomic mass is 35.5. The van der Waals surface area contributed by atoms with E-state index >= 15 is 0 Å². The molecule has 0 aromatic heterocycles. The van der Waals surface area contributed by atoms with Gasteiger partial charge in [0.2, 0.25) is 0 Å². The fraction of sp³-hybridized carbons (Fsp3) is 0.278. The Balaban J connectivity index is 1.85. The van der Waals surface area contributed by atoms with Gasteiger partial charge in [0, 0.05) is 32.3 Å². The van der Waals surface area contributed by atoms with Crippen molar-refractivity contribution >= 4 is 17.6 Å². The van der Waals surface area contributed by atoms with Crippen LogP contribution >= 0.6 is 11.6 Å². The zero-order chi connectivity index (χ0) is 16.5. The molecule has 2 aromatic rings. The van der Waals surface area contributed by atoms with Gasteiger partial charge >= 0.3 is 0 Å². The molecule has 0 amide bonds. The first-order valence-corrected chi connectivity index (χ1v) is 7.87. The Kier molecular flexibility index (Phi) is 6.91. The Hall–Kier alpha value is -2.04. The second kappa shape index (κ2) is 9.18. The van der Waals surface area contributed by atoms with Crippen LogP contribution in [0.2, 0.25) is 5.02 Å². The quantitative estimate of drug-likeness (QED) is 0.630. The SMILES string of the molecule is CN=C(NCc1ccc(Cl)cc1)NCC(OC)c1ccccc1. The minimum Gasteiger partial charge on any atom is -0.375 e. The summed E-state index contributed by atoms with van der Waals surface area (Å²) < 4.78 is 5.55. The summed E-state index contributed by atoms with van der Waals surface area (Å²) in [6.45, 7) is 1.32. The summed E-state index contributed by atoms with van der Waals surface area (Å²) in [5, 5.41) is 7.30. The van der Waals surface area contributed by atoms with Crippen LogP contribution in [-0.2, 0) is 11.3 Å². The maximum Gasteiger partial charge on any atom is 0.191 e. The second-order valence-corrected chi connectivity index (χ2v) is 5.50. The van der Waals surface area contributed by atoms with E-state index in [1.807, 2.05) is 42.5 Å². The van der Waals surface area contributed by atoms with E-state index in [0.717, 1.165) is 22.1 Å². The van der Waals surface area contributed by atoms with E-state index in [1.165, 1.54) is 0 Å². The summed E-state index contributed by atoms with van der Waals surface area (Å²) in [6, 6.07) is 17.9. The number of ether oxygens (including phenoxy) is 1. The van der Waals surface area contributed by atoms with Gasteiger partial charge in [-0.3, -0.25) is 4.99 Å². The third-order valence-corrected chi connectivity index (χ3v) is 3.76. The van der Waals surface area contributed by atoms with Gasteiger partial charge in [0.15, 0.2) is 5.96 Å². The van der Waals surface area contributed by atoms with E-state index in [1.54, 1.807) is 14.2 Å². The average Bonchev–Trinajstić information content (AvgIpc) is 2.60. The zero-order valence-corrected chi connectivity index (χ0v) is 14.2. The number of methoxy groups -OCH3 is 1. The highest BCUT2D eigenvalue weighted by molar-refractivity contribution is 6.30. The summed E-state index contributed by atoms with van der Waals surface area (Å²) >= 11 is 5.89. The molecule has 122 valence electrons. The topological polar surface area (TPSA) is 45.7 Å². The van der Waals surface area contributed by atoms with E-state index < -0.39 is 0 Å². The lowest BCUT2D eigenvalue weighted by molar-refractivity contribution is 0.106. The standard InChI is InChI=1S/C18H22ClN3O/c1-20-18(21-12-14-8-10-16(19)11-9-14)22-13-17(23-2)15-6-4-3-5-7-15/h3-11,17H,12-13H2,1-2H3,(H2,20,21,22). The van der Waals surface area contributed by atoms with E-state index in [2.05, 4.69) is 27.8 Å². The Morgan fingerprint density at radius 3 is 2.39 bits per heavy atom. The smallest absolute Gasteiger partial charge is 0.191 e. The monoisotopic (exact) mass is 331 g/mol. The predicted octanol–water partition coefficient (Wildman–Crippen LogP) is 3.39. The van der Waals surface area contributed by atoms with E-state index in [-0.39, 0.29) is 6.10 Å². The summed E-state index contributed by atoms with van der Waals surface area (Å²) in [4.78, 5) is 4.23. The lowest BCUT2D eigenvalue weighted by atomic mass is 10.1. The number of nitrogens with zero attached hydrogens (tertiary/aromatic N) is 1. The molecule has 0 fully saturated rings. The predicted molar refractivity (Wildman–Crippen MR) is 95.8 cm³/mol. The Morgan fingerprint density at radius 2 is 1.78 bits per heavy atom. The minimum atomic E-state index is -0.0229. The molecule has 0 aliphatic carbocycles. The van der Waals surface area contributed by atoms with Gasteiger partial charge in [-0.15, -0.1) is 0 Å². The molecule has 0 saturated carbocycles. The van der Waals surface area contributed by atoms with Crippen molar-refractivity contribution < 1.29 is 4.74 Å². The number of guanidine groups is 1.